The fourth-order valence-electron chi connectivity index (χ4n) is 2.30. The summed E-state index contributed by atoms with van der Waals surface area (Å²) >= 11 is 0. The standard InChI is InChI=1S/C17H9F7N4O3/c18-15(19,16(20,21)22)17(23,24)31-13-7-5-11(6-8-13)27-9-25-14(26-27)10-1-3-12(4-2-10)28(29)30/h1-9H. The van der Waals surface area contributed by atoms with Crippen molar-refractivity contribution in [1.82, 2.24) is 14.8 Å². The summed E-state index contributed by atoms with van der Waals surface area (Å²) in [4.78, 5) is 14.1. The van der Waals surface area contributed by atoms with Gasteiger partial charge in [-0.2, -0.15) is 30.7 Å². The Labute approximate surface area is 167 Å². The van der Waals surface area contributed by atoms with Gasteiger partial charge in [0.2, 0.25) is 0 Å². The lowest BCUT2D eigenvalue weighted by Crippen LogP contribution is -2.55. The molecule has 0 saturated carbocycles. The number of non-ortho nitro benzene ring substituents is 1. The number of nitro groups is 1. The highest BCUT2D eigenvalue weighted by atomic mass is 19.4. The highest BCUT2D eigenvalue weighted by Gasteiger charge is 2.75. The number of hydrogen-bond donors (Lipinski definition) is 0. The van der Waals surface area contributed by atoms with Crippen LogP contribution in [-0.4, -0.2) is 37.9 Å². The van der Waals surface area contributed by atoms with E-state index in [0.717, 1.165) is 28.9 Å². The summed E-state index contributed by atoms with van der Waals surface area (Å²) < 4.78 is 93.7. The molecule has 0 amide bonds. The van der Waals surface area contributed by atoms with Crippen molar-refractivity contribution >= 4 is 5.69 Å². The molecule has 164 valence electrons. The smallest absolute Gasteiger partial charge is 0.428 e. The number of hydrogen-bond acceptors (Lipinski definition) is 5. The molecule has 31 heavy (non-hydrogen) atoms. The molecule has 0 bridgehead atoms. The molecule has 0 fully saturated rings. The van der Waals surface area contributed by atoms with E-state index in [9.17, 15) is 40.8 Å². The molecular formula is C17H9F7N4O3. The number of nitrogens with zero attached hydrogens (tertiary/aromatic N) is 4. The molecule has 0 N–H and O–H groups in total. The summed E-state index contributed by atoms with van der Waals surface area (Å²) in [5, 5.41) is 14.8. The second-order valence-corrected chi connectivity index (χ2v) is 6.00. The molecule has 0 atom stereocenters. The molecule has 1 aromatic heterocycles. The van der Waals surface area contributed by atoms with E-state index < -0.39 is 28.9 Å². The zero-order valence-electron chi connectivity index (χ0n) is 14.9. The van der Waals surface area contributed by atoms with Crippen LogP contribution in [0, 0.1) is 10.1 Å². The number of alkyl halides is 7. The normalized spacial score (nSPS) is 12.6. The number of ether oxygens (including phenoxy) is 1. The van der Waals surface area contributed by atoms with E-state index in [1.807, 2.05) is 0 Å². The van der Waals surface area contributed by atoms with E-state index in [4.69, 9.17) is 0 Å². The molecule has 1 heterocycles. The molecule has 0 aliphatic carbocycles. The summed E-state index contributed by atoms with van der Waals surface area (Å²) in [5.74, 6) is -7.18. The van der Waals surface area contributed by atoms with Crippen LogP contribution >= 0.6 is 0 Å². The van der Waals surface area contributed by atoms with Crippen LogP contribution < -0.4 is 4.74 Å². The monoisotopic (exact) mass is 450 g/mol. The highest BCUT2D eigenvalue weighted by molar-refractivity contribution is 5.57. The summed E-state index contributed by atoms with van der Waals surface area (Å²) in [5.41, 5.74) is 0.476. The van der Waals surface area contributed by atoms with Crippen LogP contribution in [0.1, 0.15) is 0 Å². The Morgan fingerprint density at radius 3 is 2.00 bits per heavy atom. The number of rotatable bonds is 6. The average molecular weight is 450 g/mol. The first-order valence-electron chi connectivity index (χ1n) is 8.10. The largest absolute Gasteiger partial charge is 0.474 e. The first-order valence-corrected chi connectivity index (χ1v) is 8.10. The Balaban J connectivity index is 1.77. The van der Waals surface area contributed by atoms with Crippen molar-refractivity contribution in [3.8, 4) is 22.8 Å². The quantitative estimate of drug-likeness (QED) is 0.300. The predicted octanol–water partition coefficient (Wildman–Crippen LogP) is 5.01. The second kappa shape index (κ2) is 7.52. The zero-order valence-corrected chi connectivity index (χ0v) is 14.9. The van der Waals surface area contributed by atoms with E-state index in [0.29, 0.717) is 5.56 Å². The van der Waals surface area contributed by atoms with Gasteiger partial charge in [0, 0.05) is 17.7 Å². The summed E-state index contributed by atoms with van der Waals surface area (Å²) in [6.45, 7) is 0. The summed E-state index contributed by atoms with van der Waals surface area (Å²) in [6.07, 6.45) is -11.1. The van der Waals surface area contributed by atoms with Gasteiger partial charge in [-0.3, -0.25) is 10.1 Å². The fraction of sp³-hybridized carbons (Fsp3) is 0.176. The topological polar surface area (TPSA) is 83.1 Å². The van der Waals surface area contributed by atoms with Gasteiger partial charge in [-0.1, -0.05) is 0 Å². The lowest BCUT2D eigenvalue weighted by Gasteiger charge is -2.27. The van der Waals surface area contributed by atoms with Gasteiger partial charge in [0.25, 0.3) is 5.69 Å². The van der Waals surface area contributed by atoms with E-state index >= 15 is 0 Å². The minimum atomic E-state index is -6.51. The predicted molar refractivity (Wildman–Crippen MR) is 90.0 cm³/mol. The van der Waals surface area contributed by atoms with Crippen LogP contribution in [0.4, 0.5) is 36.4 Å². The molecule has 0 saturated heterocycles. The Hall–Kier alpha value is -3.71. The first kappa shape index (κ1) is 22.0. The van der Waals surface area contributed by atoms with Crippen molar-refractivity contribution in [1.29, 1.82) is 0 Å². The van der Waals surface area contributed by atoms with E-state index in [2.05, 4.69) is 14.8 Å². The van der Waals surface area contributed by atoms with Crippen LogP contribution in [-0.2, 0) is 0 Å². The van der Waals surface area contributed by atoms with Gasteiger partial charge in [-0.15, -0.1) is 5.10 Å². The maximum atomic E-state index is 13.3. The third-order valence-corrected chi connectivity index (χ3v) is 3.90. The Morgan fingerprint density at radius 2 is 1.48 bits per heavy atom. The van der Waals surface area contributed by atoms with Crippen molar-refractivity contribution in [2.24, 2.45) is 0 Å². The number of benzene rings is 2. The minimum Gasteiger partial charge on any atom is -0.428 e. The molecule has 3 aromatic rings. The molecule has 14 heteroatoms. The summed E-state index contributed by atoms with van der Waals surface area (Å²) in [7, 11) is 0. The maximum Gasteiger partial charge on any atom is 0.474 e. The van der Waals surface area contributed by atoms with Crippen molar-refractivity contribution in [2.75, 3.05) is 0 Å². The van der Waals surface area contributed by atoms with Crippen LogP contribution in [0.15, 0.2) is 54.9 Å². The second-order valence-electron chi connectivity index (χ2n) is 6.00. The van der Waals surface area contributed by atoms with E-state index in [1.54, 1.807) is 0 Å². The van der Waals surface area contributed by atoms with Crippen molar-refractivity contribution in [2.45, 2.75) is 18.2 Å². The molecule has 2 aromatic carbocycles. The van der Waals surface area contributed by atoms with Crippen molar-refractivity contribution in [3.05, 3.63) is 65.0 Å². The minimum absolute atomic E-state index is 0.147. The fourth-order valence-corrected chi connectivity index (χ4v) is 2.30. The molecule has 3 rings (SSSR count). The number of halogens is 7. The van der Waals surface area contributed by atoms with Crippen molar-refractivity contribution < 1.29 is 40.4 Å². The van der Waals surface area contributed by atoms with Crippen LogP contribution in [0.2, 0.25) is 0 Å². The van der Waals surface area contributed by atoms with Crippen molar-refractivity contribution in [3.63, 3.8) is 0 Å². The molecule has 7 nitrogen and oxygen atoms in total. The SMILES string of the molecule is O=[N+]([O-])c1ccc(-c2ncn(-c3ccc(OC(F)(F)C(F)(F)C(F)(F)F)cc3)n2)cc1. The lowest BCUT2D eigenvalue weighted by molar-refractivity contribution is -0.402. The zero-order chi connectivity index (χ0) is 23.0. The molecule has 0 unspecified atom stereocenters. The third-order valence-electron chi connectivity index (χ3n) is 3.90. The van der Waals surface area contributed by atoms with Crippen LogP contribution in [0.3, 0.4) is 0 Å². The molecular weight excluding hydrogens is 441 g/mol. The van der Waals surface area contributed by atoms with Gasteiger partial charge in [0.05, 0.1) is 10.6 Å². The van der Waals surface area contributed by atoms with Gasteiger partial charge in [0.1, 0.15) is 12.1 Å². The third kappa shape index (κ3) is 4.27. The molecule has 0 aliphatic rings. The van der Waals surface area contributed by atoms with E-state index in [1.165, 1.54) is 30.6 Å². The van der Waals surface area contributed by atoms with Gasteiger partial charge in [-0.05, 0) is 36.4 Å². The first-order chi connectivity index (χ1) is 14.3. The van der Waals surface area contributed by atoms with Gasteiger partial charge < -0.3 is 4.74 Å². The number of aromatic nitrogens is 3. The Bertz CT molecular complexity index is 1080. The average Bonchev–Trinajstić information content (AvgIpc) is 3.17. The Kier molecular flexibility index (Phi) is 5.33. The van der Waals surface area contributed by atoms with Gasteiger partial charge in [0.15, 0.2) is 5.82 Å². The molecule has 0 radical (unpaired) electrons. The highest BCUT2D eigenvalue weighted by Crippen LogP contribution is 2.47. The number of nitro benzene ring substituents is 1. The molecule has 0 spiro atoms. The lowest BCUT2D eigenvalue weighted by atomic mass is 10.2. The van der Waals surface area contributed by atoms with Crippen LogP contribution in [0.25, 0.3) is 17.1 Å². The van der Waals surface area contributed by atoms with Crippen LogP contribution in [0.5, 0.6) is 5.75 Å². The maximum absolute atomic E-state index is 13.3. The molecule has 0 aliphatic heterocycles. The summed E-state index contributed by atoms with van der Waals surface area (Å²) in [6, 6.07) is 8.93. The van der Waals surface area contributed by atoms with E-state index in [-0.39, 0.29) is 17.2 Å². The van der Waals surface area contributed by atoms with Gasteiger partial charge >= 0.3 is 18.2 Å². The van der Waals surface area contributed by atoms with Gasteiger partial charge in [-0.25, -0.2) is 9.67 Å². The Morgan fingerprint density at radius 1 is 0.903 bits per heavy atom.